The molecule has 1 saturated heterocycles. The molecule has 14 nitrogen and oxygen atoms in total. The number of carbonyl (C=O) groups excluding carboxylic acids is 2. The summed E-state index contributed by atoms with van der Waals surface area (Å²) in [6, 6.07) is 6.27. The lowest BCUT2D eigenvalue weighted by Crippen LogP contribution is -2.40. The molecule has 0 saturated carbocycles. The third kappa shape index (κ3) is 18.4. The largest absolute Gasteiger partial charge is 0.490 e. The number of urea groups is 1. The molecule has 2 aromatic rings. The smallest absolute Gasteiger partial charge is 0.316 e. The summed E-state index contributed by atoms with van der Waals surface area (Å²) < 4.78 is 5.40. The van der Waals surface area contributed by atoms with Gasteiger partial charge in [0.15, 0.2) is 5.96 Å². The van der Waals surface area contributed by atoms with E-state index in [2.05, 4.69) is 56.6 Å². The van der Waals surface area contributed by atoms with E-state index in [1.54, 1.807) is 30.5 Å². The molecule has 47 heavy (non-hydrogen) atoms. The first kappa shape index (κ1) is 40.7. The lowest BCUT2D eigenvalue weighted by atomic mass is 9.95. The monoisotopic (exact) mass is 658 g/mol. The average Bonchev–Trinajstić information content (AvgIpc) is 2.97. The van der Waals surface area contributed by atoms with Crippen LogP contribution in [0.4, 0.5) is 16.2 Å². The quantitative estimate of drug-likeness (QED) is 0.101. The highest BCUT2D eigenvalue weighted by molar-refractivity contribution is 5.89. The van der Waals surface area contributed by atoms with Gasteiger partial charge in [0.1, 0.15) is 23.9 Å². The zero-order valence-electron chi connectivity index (χ0n) is 29.3. The highest BCUT2D eigenvalue weighted by Gasteiger charge is 2.23. The Bertz CT molecular complexity index is 1290. The van der Waals surface area contributed by atoms with E-state index < -0.39 is 6.03 Å². The minimum atomic E-state index is -0.650. The first-order chi connectivity index (χ1) is 22.1. The van der Waals surface area contributed by atoms with E-state index >= 15 is 0 Å². The number of piperidine rings is 1. The van der Waals surface area contributed by atoms with Crippen molar-refractivity contribution in [2.45, 2.75) is 73.1 Å². The number of hydrogen-bond acceptors (Lipinski definition) is 8. The number of amides is 3. The van der Waals surface area contributed by atoms with Crippen LogP contribution in [0.15, 0.2) is 40.2 Å². The number of nitrogens with two attached hydrogens (primary N) is 3. The Balaban J connectivity index is 0.000000452. The SMILES string of the molecule is CC(=O)NCCOc1ccccc1NC(N)=O.CC(C)(C)c1ncc(N2CCC(CNCCCN=C(N)N)CC2)c(=O)[nH]1.CC(C)C. The molecule has 0 bridgehead atoms. The van der Waals surface area contributed by atoms with Crippen LogP contribution in [0.1, 0.15) is 73.6 Å². The Kier molecular flexibility index (Phi) is 18.6. The maximum Gasteiger partial charge on any atom is 0.316 e. The van der Waals surface area contributed by atoms with Crippen LogP contribution < -0.4 is 48.3 Å². The molecular weight excluding hydrogens is 600 g/mol. The number of guanidine groups is 1. The summed E-state index contributed by atoms with van der Waals surface area (Å²) in [5.41, 5.74) is 16.6. The second-order valence-corrected chi connectivity index (χ2v) is 13.0. The van der Waals surface area contributed by atoms with Crippen molar-refractivity contribution in [3.8, 4) is 5.75 Å². The molecule has 14 heteroatoms. The molecule has 0 spiro atoms. The Morgan fingerprint density at radius 3 is 2.30 bits per heavy atom. The lowest BCUT2D eigenvalue weighted by molar-refractivity contribution is -0.119. The van der Waals surface area contributed by atoms with Crippen molar-refractivity contribution in [3.05, 3.63) is 46.6 Å². The summed E-state index contributed by atoms with van der Waals surface area (Å²) in [5, 5.41) is 8.52. The third-order valence-corrected chi connectivity index (χ3v) is 6.56. The van der Waals surface area contributed by atoms with Gasteiger partial charge in [0.05, 0.1) is 18.4 Å². The van der Waals surface area contributed by atoms with Gasteiger partial charge in [0.2, 0.25) is 5.91 Å². The van der Waals surface area contributed by atoms with Gasteiger partial charge in [-0.3, -0.25) is 14.6 Å². The summed E-state index contributed by atoms with van der Waals surface area (Å²) >= 11 is 0. The van der Waals surface area contributed by atoms with Gasteiger partial charge in [-0.1, -0.05) is 53.7 Å². The van der Waals surface area contributed by atoms with E-state index in [0.29, 0.717) is 42.7 Å². The number of benzene rings is 1. The number of primary amides is 1. The second kappa shape index (κ2) is 21.5. The Morgan fingerprint density at radius 1 is 1.11 bits per heavy atom. The molecule has 1 aliphatic rings. The van der Waals surface area contributed by atoms with Gasteiger partial charge in [0.25, 0.3) is 5.56 Å². The average molecular weight is 659 g/mol. The van der Waals surface area contributed by atoms with Crippen molar-refractivity contribution in [2.24, 2.45) is 34.0 Å². The van der Waals surface area contributed by atoms with E-state index in [1.807, 2.05) is 20.8 Å². The second-order valence-electron chi connectivity index (χ2n) is 13.0. The summed E-state index contributed by atoms with van der Waals surface area (Å²) in [6.45, 7) is 19.1. The molecule has 1 aromatic heterocycles. The number of aliphatic imine (C=N–C) groups is 1. The zero-order valence-corrected chi connectivity index (χ0v) is 29.3. The molecule has 0 aliphatic carbocycles. The fourth-order valence-electron chi connectivity index (χ4n) is 4.31. The molecule has 2 heterocycles. The number of H-pyrrole nitrogens is 1. The minimum absolute atomic E-state index is 0.0405. The zero-order chi connectivity index (χ0) is 35.4. The number of nitrogens with zero attached hydrogens (tertiary/aromatic N) is 3. The summed E-state index contributed by atoms with van der Waals surface area (Å²) in [5.74, 6) is 2.74. The highest BCUT2D eigenvalue weighted by Crippen LogP contribution is 2.23. The van der Waals surface area contributed by atoms with E-state index in [9.17, 15) is 14.4 Å². The topological polar surface area (TPSA) is 219 Å². The molecule has 0 unspecified atom stereocenters. The number of anilines is 2. The summed E-state index contributed by atoms with van der Waals surface area (Å²) in [6.07, 6.45) is 4.79. The summed E-state index contributed by atoms with van der Waals surface area (Å²) in [4.78, 5) is 47.3. The fraction of sp³-hybridized carbons (Fsp3) is 0.606. The minimum Gasteiger partial charge on any atom is -0.490 e. The predicted octanol–water partition coefficient (Wildman–Crippen LogP) is 2.89. The molecule has 1 fully saturated rings. The van der Waals surface area contributed by atoms with Crippen LogP contribution in [0.2, 0.25) is 0 Å². The molecule has 3 rings (SSSR count). The standard InChI is InChI=1S/C18H33N7O.C11H15N3O3.C4H10/c1-18(2,3)16-23-12-14(15(26)24-16)25-9-5-13(6-10-25)11-21-7-4-8-22-17(19)20;1-8(15)13-6-7-17-10-5-3-2-4-9(10)14-11(12)16;1-4(2)3/h12-13,21H,4-11H2,1-3H3,(H4,19,20,22)(H,23,24,26);2-5H,6-7H2,1H3,(H,13,15)(H3,12,14,16);4H,1-3H3. The molecule has 264 valence electrons. The van der Waals surface area contributed by atoms with Crippen LogP contribution >= 0.6 is 0 Å². The van der Waals surface area contributed by atoms with Gasteiger partial charge in [-0.05, 0) is 56.3 Å². The number of ether oxygens (including phenoxy) is 1. The van der Waals surface area contributed by atoms with Crippen molar-refractivity contribution >= 4 is 29.3 Å². The Morgan fingerprint density at radius 2 is 1.74 bits per heavy atom. The van der Waals surface area contributed by atoms with Crippen LogP contribution in [0.25, 0.3) is 0 Å². The molecule has 1 aromatic carbocycles. The molecule has 3 amide bonds. The van der Waals surface area contributed by atoms with Gasteiger partial charge < -0.3 is 47.8 Å². The van der Waals surface area contributed by atoms with Gasteiger partial charge in [-0.15, -0.1) is 0 Å². The van der Waals surface area contributed by atoms with Crippen molar-refractivity contribution in [1.82, 2.24) is 20.6 Å². The normalized spacial score (nSPS) is 13.0. The highest BCUT2D eigenvalue weighted by atomic mass is 16.5. The predicted molar refractivity (Wildman–Crippen MR) is 191 cm³/mol. The number of para-hydroxylation sites is 2. The molecule has 1 aliphatic heterocycles. The fourth-order valence-corrected chi connectivity index (χ4v) is 4.31. The van der Waals surface area contributed by atoms with Gasteiger partial charge in [-0.25, -0.2) is 9.78 Å². The summed E-state index contributed by atoms with van der Waals surface area (Å²) in [7, 11) is 0. The number of aromatic amines is 1. The first-order valence-electron chi connectivity index (χ1n) is 16.2. The van der Waals surface area contributed by atoms with Gasteiger partial charge in [0, 0.05) is 32.0 Å². The number of nitrogens with one attached hydrogen (secondary N) is 4. The molecular formula is C33H58N10O4. The number of hydrogen-bond donors (Lipinski definition) is 7. The van der Waals surface area contributed by atoms with Crippen molar-refractivity contribution in [1.29, 1.82) is 0 Å². The number of carbonyl (C=O) groups is 2. The number of aromatic nitrogens is 2. The third-order valence-electron chi connectivity index (χ3n) is 6.56. The van der Waals surface area contributed by atoms with Crippen LogP contribution in [-0.4, -0.2) is 73.7 Å². The van der Waals surface area contributed by atoms with Crippen LogP contribution in [0.3, 0.4) is 0 Å². The van der Waals surface area contributed by atoms with E-state index in [1.165, 1.54) is 6.92 Å². The van der Waals surface area contributed by atoms with Crippen molar-refractivity contribution in [2.75, 3.05) is 56.1 Å². The van der Waals surface area contributed by atoms with E-state index in [-0.39, 0.29) is 22.8 Å². The lowest BCUT2D eigenvalue weighted by Gasteiger charge is -2.33. The van der Waals surface area contributed by atoms with Crippen molar-refractivity contribution < 1.29 is 14.3 Å². The molecule has 0 atom stereocenters. The van der Waals surface area contributed by atoms with Crippen LogP contribution in [0, 0.1) is 11.8 Å². The molecule has 10 N–H and O–H groups in total. The van der Waals surface area contributed by atoms with E-state index in [4.69, 9.17) is 21.9 Å². The maximum atomic E-state index is 12.4. The number of rotatable bonds is 12. The van der Waals surface area contributed by atoms with Gasteiger partial charge in [-0.2, -0.15) is 0 Å². The van der Waals surface area contributed by atoms with Crippen molar-refractivity contribution in [3.63, 3.8) is 0 Å². The maximum absolute atomic E-state index is 12.4. The Labute approximate surface area is 279 Å². The Hall–Kier alpha value is -4.33. The molecule has 0 radical (unpaired) electrons. The van der Waals surface area contributed by atoms with Crippen LogP contribution in [0.5, 0.6) is 5.75 Å². The van der Waals surface area contributed by atoms with Crippen LogP contribution in [-0.2, 0) is 10.2 Å². The first-order valence-corrected chi connectivity index (χ1v) is 16.2. The van der Waals surface area contributed by atoms with Gasteiger partial charge >= 0.3 is 6.03 Å². The van der Waals surface area contributed by atoms with E-state index in [0.717, 1.165) is 57.2 Å².